The molecule has 0 saturated carbocycles. The molecule has 0 spiro atoms. The van der Waals surface area contributed by atoms with Crippen LogP contribution in [0.1, 0.15) is 25.9 Å². The van der Waals surface area contributed by atoms with Gasteiger partial charge in [-0.15, -0.1) is 11.3 Å². The first-order chi connectivity index (χ1) is 8.47. The second-order valence-electron chi connectivity index (χ2n) is 4.08. The quantitative estimate of drug-likeness (QED) is 0.685. The summed E-state index contributed by atoms with van der Waals surface area (Å²) in [5.74, 6) is -0.667. The van der Waals surface area contributed by atoms with Gasteiger partial charge in [0.25, 0.3) is 0 Å². The SMILES string of the molecule is Cc1nc(CC(=O)c2cc(F)ccc2N)sc1C. The molecule has 0 unspecified atom stereocenters. The predicted molar refractivity (Wildman–Crippen MR) is 70.4 cm³/mol. The van der Waals surface area contributed by atoms with Crippen LogP contribution in [0.2, 0.25) is 0 Å². The van der Waals surface area contributed by atoms with Crippen LogP contribution in [0.3, 0.4) is 0 Å². The molecule has 18 heavy (non-hydrogen) atoms. The highest BCUT2D eigenvalue weighted by Gasteiger charge is 2.14. The number of aromatic nitrogens is 1. The van der Waals surface area contributed by atoms with E-state index in [0.717, 1.165) is 15.6 Å². The Morgan fingerprint density at radius 2 is 2.17 bits per heavy atom. The van der Waals surface area contributed by atoms with Gasteiger partial charge in [-0.2, -0.15) is 0 Å². The monoisotopic (exact) mass is 264 g/mol. The van der Waals surface area contributed by atoms with Crippen molar-refractivity contribution in [3.05, 3.63) is 45.2 Å². The Balaban J connectivity index is 2.24. The molecule has 0 aliphatic carbocycles. The molecule has 2 aromatic rings. The molecule has 5 heteroatoms. The van der Waals surface area contributed by atoms with E-state index < -0.39 is 5.82 Å². The molecule has 1 aromatic carbocycles. The highest BCUT2D eigenvalue weighted by Crippen LogP contribution is 2.20. The number of anilines is 1. The van der Waals surface area contributed by atoms with E-state index >= 15 is 0 Å². The van der Waals surface area contributed by atoms with Gasteiger partial charge < -0.3 is 5.73 Å². The van der Waals surface area contributed by atoms with Crippen LogP contribution in [0.25, 0.3) is 0 Å². The van der Waals surface area contributed by atoms with Gasteiger partial charge in [0, 0.05) is 16.1 Å². The maximum absolute atomic E-state index is 13.1. The molecule has 94 valence electrons. The molecule has 0 saturated heterocycles. The molecule has 2 rings (SSSR count). The number of nitrogens with two attached hydrogens (primary N) is 1. The highest BCUT2D eigenvalue weighted by atomic mass is 32.1. The average Bonchev–Trinajstić information content (AvgIpc) is 2.61. The van der Waals surface area contributed by atoms with Gasteiger partial charge in [0.1, 0.15) is 10.8 Å². The molecule has 0 radical (unpaired) electrons. The zero-order valence-corrected chi connectivity index (χ0v) is 11.0. The van der Waals surface area contributed by atoms with Crippen molar-refractivity contribution in [3.8, 4) is 0 Å². The molecule has 3 nitrogen and oxygen atoms in total. The van der Waals surface area contributed by atoms with E-state index in [2.05, 4.69) is 4.98 Å². The number of nitrogens with zero attached hydrogens (tertiary/aromatic N) is 1. The van der Waals surface area contributed by atoms with Gasteiger partial charge >= 0.3 is 0 Å². The van der Waals surface area contributed by atoms with Crippen molar-refractivity contribution in [1.29, 1.82) is 0 Å². The third-order valence-corrected chi connectivity index (χ3v) is 3.77. The molecular weight excluding hydrogens is 251 g/mol. The number of ketones is 1. The number of nitrogen functional groups attached to an aromatic ring is 1. The lowest BCUT2D eigenvalue weighted by Gasteiger charge is -2.03. The normalized spacial score (nSPS) is 10.6. The first-order valence-corrected chi connectivity index (χ1v) is 6.30. The van der Waals surface area contributed by atoms with E-state index in [1.54, 1.807) is 0 Å². The zero-order chi connectivity index (χ0) is 13.3. The number of rotatable bonds is 3. The number of hydrogen-bond acceptors (Lipinski definition) is 4. The summed E-state index contributed by atoms with van der Waals surface area (Å²) in [6.45, 7) is 3.86. The minimum Gasteiger partial charge on any atom is -0.398 e. The van der Waals surface area contributed by atoms with Crippen LogP contribution in [-0.2, 0) is 6.42 Å². The van der Waals surface area contributed by atoms with Gasteiger partial charge in [0.05, 0.1) is 12.1 Å². The lowest BCUT2D eigenvalue weighted by molar-refractivity contribution is 0.0993. The summed E-state index contributed by atoms with van der Waals surface area (Å²) >= 11 is 1.48. The predicted octanol–water partition coefficient (Wildman–Crippen LogP) is 2.91. The fraction of sp³-hybridized carbons (Fsp3) is 0.231. The fourth-order valence-corrected chi connectivity index (χ4v) is 2.55. The third-order valence-electron chi connectivity index (χ3n) is 2.70. The molecule has 1 aromatic heterocycles. The molecular formula is C13H13FN2OS. The minimum absolute atomic E-state index is 0.160. The number of carbonyl (C=O) groups is 1. The van der Waals surface area contributed by atoms with Crippen molar-refractivity contribution in [1.82, 2.24) is 4.98 Å². The third kappa shape index (κ3) is 2.56. The van der Waals surface area contributed by atoms with Gasteiger partial charge in [-0.05, 0) is 32.0 Å². The summed E-state index contributed by atoms with van der Waals surface area (Å²) in [6, 6.07) is 3.82. The van der Waals surface area contributed by atoms with Crippen LogP contribution >= 0.6 is 11.3 Å². The van der Waals surface area contributed by atoms with Gasteiger partial charge in [-0.3, -0.25) is 4.79 Å². The Hall–Kier alpha value is -1.75. The van der Waals surface area contributed by atoms with Crippen LogP contribution in [0.4, 0.5) is 10.1 Å². The smallest absolute Gasteiger partial charge is 0.171 e. The fourth-order valence-electron chi connectivity index (χ4n) is 1.62. The first kappa shape index (κ1) is 12.7. The van der Waals surface area contributed by atoms with Crippen molar-refractivity contribution in [2.75, 3.05) is 5.73 Å². The summed E-state index contributed by atoms with van der Waals surface area (Å²) in [5, 5.41) is 0.735. The maximum Gasteiger partial charge on any atom is 0.171 e. The molecule has 0 atom stereocenters. The van der Waals surface area contributed by atoms with E-state index in [-0.39, 0.29) is 17.8 Å². The second kappa shape index (κ2) is 4.86. The molecule has 0 aliphatic heterocycles. The standard InChI is InChI=1S/C13H13FN2OS/c1-7-8(2)18-13(16-7)6-12(17)10-5-9(14)3-4-11(10)15/h3-5H,6,15H2,1-2H3. The number of hydrogen-bond donors (Lipinski definition) is 1. The summed E-state index contributed by atoms with van der Waals surface area (Å²) in [7, 11) is 0. The van der Waals surface area contributed by atoms with E-state index in [1.165, 1.54) is 29.5 Å². The van der Waals surface area contributed by atoms with E-state index in [4.69, 9.17) is 5.73 Å². The number of halogens is 1. The van der Waals surface area contributed by atoms with Crippen LogP contribution in [0.15, 0.2) is 18.2 Å². The van der Waals surface area contributed by atoms with Crippen LogP contribution in [0, 0.1) is 19.7 Å². The van der Waals surface area contributed by atoms with Crippen molar-refractivity contribution in [3.63, 3.8) is 0 Å². The number of benzene rings is 1. The Labute approximate surface area is 108 Å². The van der Waals surface area contributed by atoms with Crippen LogP contribution < -0.4 is 5.73 Å². The van der Waals surface area contributed by atoms with Crippen LogP contribution in [0.5, 0.6) is 0 Å². The summed E-state index contributed by atoms with van der Waals surface area (Å²) in [5.41, 5.74) is 7.12. The van der Waals surface area contributed by atoms with E-state index in [9.17, 15) is 9.18 Å². The van der Waals surface area contributed by atoms with Gasteiger partial charge in [-0.25, -0.2) is 9.37 Å². The van der Waals surface area contributed by atoms with Crippen LogP contribution in [-0.4, -0.2) is 10.8 Å². The number of aryl methyl sites for hydroxylation is 2. The van der Waals surface area contributed by atoms with Crippen molar-refractivity contribution in [2.45, 2.75) is 20.3 Å². The largest absolute Gasteiger partial charge is 0.398 e. The Morgan fingerprint density at radius 3 is 2.78 bits per heavy atom. The maximum atomic E-state index is 13.1. The molecule has 0 fully saturated rings. The summed E-state index contributed by atoms with van der Waals surface area (Å²) in [4.78, 5) is 17.4. The van der Waals surface area contributed by atoms with Gasteiger partial charge in [-0.1, -0.05) is 0 Å². The second-order valence-corrected chi connectivity index (χ2v) is 5.37. The van der Waals surface area contributed by atoms with Gasteiger partial charge in [0.15, 0.2) is 5.78 Å². The minimum atomic E-state index is -0.459. The first-order valence-electron chi connectivity index (χ1n) is 5.48. The topological polar surface area (TPSA) is 56.0 Å². The molecule has 0 amide bonds. The average molecular weight is 264 g/mol. The van der Waals surface area contributed by atoms with Crippen molar-refractivity contribution < 1.29 is 9.18 Å². The highest BCUT2D eigenvalue weighted by molar-refractivity contribution is 7.11. The lowest BCUT2D eigenvalue weighted by atomic mass is 10.1. The van der Waals surface area contributed by atoms with Crippen molar-refractivity contribution >= 4 is 22.8 Å². The Bertz CT molecular complexity index is 588. The molecule has 0 bridgehead atoms. The van der Waals surface area contributed by atoms with E-state index in [1.807, 2.05) is 13.8 Å². The van der Waals surface area contributed by atoms with Gasteiger partial charge in [0.2, 0.25) is 0 Å². The summed E-state index contributed by atoms with van der Waals surface area (Å²) in [6.07, 6.45) is 0.160. The number of carbonyl (C=O) groups excluding carboxylic acids is 1. The number of thiazole rings is 1. The molecule has 2 N–H and O–H groups in total. The summed E-state index contributed by atoms with van der Waals surface area (Å²) < 4.78 is 13.1. The molecule has 0 aliphatic rings. The number of Topliss-reactive ketones (excluding diaryl/α,β-unsaturated/α-hetero) is 1. The molecule has 1 heterocycles. The Kier molecular flexibility index (Phi) is 3.43. The lowest BCUT2D eigenvalue weighted by Crippen LogP contribution is -2.07. The Morgan fingerprint density at radius 1 is 1.44 bits per heavy atom. The van der Waals surface area contributed by atoms with Crippen molar-refractivity contribution in [2.24, 2.45) is 0 Å². The zero-order valence-electron chi connectivity index (χ0n) is 10.2. The van der Waals surface area contributed by atoms with E-state index in [0.29, 0.717) is 5.69 Å².